The molecular weight excluding hydrogens is 384 g/mol. The van der Waals surface area contributed by atoms with Gasteiger partial charge in [-0.15, -0.1) is 0 Å². The predicted molar refractivity (Wildman–Crippen MR) is 98.2 cm³/mol. The number of quaternary nitrogens is 1. The third kappa shape index (κ3) is 5.08. The number of hydrogen-bond acceptors (Lipinski definition) is 3. The summed E-state index contributed by atoms with van der Waals surface area (Å²) in [7, 11) is 0. The Labute approximate surface area is 154 Å². The first-order valence-corrected chi connectivity index (χ1v) is 8.84. The Kier molecular flexibility index (Phi) is 5.73. The van der Waals surface area contributed by atoms with E-state index in [1.165, 1.54) is 0 Å². The van der Waals surface area contributed by atoms with Crippen LogP contribution >= 0.6 is 15.9 Å². The normalized spacial score (nSPS) is 11.0. The molecule has 0 aliphatic heterocycles. The first-order chi connectivity index (χ1) is 12.1. The molecule has 0 aliphatic carbocycles. The number of nitrogens with one attached hydrogen (secondary N) is 2. The Morgan fingerprint density at radius 3 is 2.24 bits per heavy atom. The molecule has 0 saturated carbocycles. The van der Waals surface area contributed by atoms with Crippen LogP contribution in [-0.2, 0) is 17.9 Å². The van der Waals surface area contributed by atoms with E-state index in [0.717, 1.165) is 32.1 Å². The number of rotatable bonds is 7. The second-order valence-electron chi connectivity index (χ2n) is 5.97. The van der Waals surface area contributed by atoms with E-state index in [4.69, 9.17) is 8.83 Å². The van der Waals surface area contributed by atoms with Crippen molar-refractivity contribution < 1.29 is 18.5 Å². The number of anilines is 1. The molecule has 6 heteroatoms. The molecule has 0 aliphatic rings. The number of benzene rings is 1. The van der Waals surface area contributed by atoms with Gasteiger partial charge in [0.2, 0.25) is 0 Å². The molecule has 0 spiro atoms. The Hall–Kier alpha value is -2.31. The lowest BCUT2D eigenvalue weighted by Crippen LogP contribution is -3.10. The first-order valence-electron chi connectivity index (χ1n) is 8.04. The summed E-state index contributed by atoms with van der Waals surface area (Å²) in [5.41, 5.74) is 1.90. The topological polar surface area (TPSA) is 59.8 Å². The van der Waals surface area contributed by atoms with Gasteiger partial charge in [-0.1, -0.05) is 6.07 Å². The molecule has 5 nitrogen and oxygen atoms in total. The van der Waals surface area contributed by atoms with Crippen LogP contribution in [0.15, 0.2) is 68.3 Å². The van der Waals surface area contributed by atoms with Crippen LogP contribution in [0.25, 0.3) is 0 Å². The summed E-state index contributed by atoms with van der Waals surface area (Å²) < 4.78 is 11.7. The van der Waals surface area contributed by atoms with Crippen LogP contribution in [0.3, 0.4) is 0 Å². The van der Waals surface area contributed by atoms with E-state index >= 15 is 0 Å². The van der Waals surface area contributed by atoms with E-state index in [1.54, 1.807) is 12.5 Å². The Morgan fingerprint density at radius 2 is 1.72 bits per heavy atom. The Morgan fingerprint density at radius 1 is 1.08 bits per heavy atom. The van der Waals surface area contributed by atoms with Crippen LogP contribution < -0.4 is 10.2 Å². The van der Waals surface area contributed by atoms with E-state index in [0.29, 0.717) is 19.6 Å². The molecule has 0 radical (unpaired) electrons. The quantitative estimate of drug-likeness (QED) is 0.636. The van der Waals surface area contributed by atoms with Crippen molar-refractivity contribution in [3.63, 3.8) is 0 Å². The summed E-state index contributed by atoms with van der Waals surface area (Å²) in [5, 5.41) is 2.96. The average Bonchev–Trinajstić information content (AvgIpc) is 3.24. The van der Waals surface area contributed by atoms with Crippen molar-refractivity contribution in [3.05, 3.63) is 76.5 Å². The molecule has 0 unspecified atom stereocenters. The highest BCUT2D eigenvalue weighted by Gasteiger charge is 2.19. The van der Waals surface area contributed by atoms with Gasteiger partial charge in [-0.2, -0.15) is 0 Å². The summed E-state index contributed by atoms with van der Waals surface area (Å²) in [6, 6.07) is 13.4. The molecule has 3 aromatic rings. The molecule has 2 N–H and O–H groups in total. The van der Waals surface area contributed by atoms with Gasteiger partial charge >= 0.3 is 0 Å². The molecule has 1 amide bonds. The smallest absolute Gasteiger partial charge is 0.279 e. The zero-order chi connectivity index (χ0) is 17.6. The molecule has 25 heavy (non-hydrogen) atoms. The third-order valence-electron chi connectivity index (χ3n) is 3.82. The molecular formula is C19H20BrN2O3+. The molecule has 2 aromatic heterocycles. The monoisotopic (exact) mass is 403 g/mol. The number of carbonyl (C=O) groups is 1. The maximum atomic E-state index is 12.5. The van der Waals surface area contributed by atoms with Gasteiger partial charge < -0.3 is 19.1 Å². The number of carbonyl (C=O) groups excluding carboxylic acids is 1. The van der Waals surface area contributed by atoms with Gasteiger partial charge in [-0.3, -0.25) is 4.79 Å². The predicted octanol–water partition coefficient (Wildman–Crippen LogP) is 3.17. The standard InChI is InChI=1S/C19H19BrN2O3/c1-14-6-7-18(17(20)10-14)21-19(23)13-22(11-15-4-2-8-24-15)12-16-5-3-9-25-16/h2-10H,11-13H2,1H3,(H,21,23)/p+1. The number of furan rings is 2. The van der Waals surface area contributed by atoms with E-state index in [-0.39, 0.29) is 5.91 Å². The van der Waals surface area contributed by atoms with Crippen LogP contribution in [0.1, 0.15) is 17.1 Å². The van der Waals surface area contributed by atoms with Crippen LogP contribution in [0.5, 0.6) is 0 Å². The first kappa shape index (κ1) is 17.5. The second kappa shape index (κ2) is 8.18. The SMILES string of the molecule is Cc1ccc(NC(=O)C[NH+](Cc2ccco2)Cc2ccco2)c(Br)c1. The van der Waals surface area contributed by atoms with E-state index in [9.17, 15) is 4.79 Å². The maximum Gasteiger partial charge on any atom is 0.279 e. The summed E-state index contributed by atoms with van der Waals surface area (Å²) in [6.45, 7) is 3.53. The van der Waals surface area contributed by atoms with Gasteiger partial charge in [0.05, 0.1) is 18.2 Å². The van der Waals surface area contributed by atoms with Gasteiger partial charge in [0, 0.05) is 4.47 Å². The van der Waals surface area contributed by atoms with E-state index in [1.807, 2.05) is 49.4 Å². The van der Waals surface area contributed by atoms with E-state index < -0.39 is 0 Å². The van der Waals surface area contributed by atoms with Gasteiger partial charge in [-0.25, -0.2) is 0 Å². The lowest BCUT2D eigenvalue weighted by atomic mass is 10.2. The fourth-order valence-corrected chi connectivity index (χ4v) is 3.24. The van der Waals surface area contributed by atoms with E-state index in [2.05, 4.69) is 21.2 Å². The maximum absolute atomic E-state index is 12.5. The Bertz CT molecular complexity index is 777. The minimum atomic E-state index is -0.0577. The highest BCUT2D eigenvalue weighted by atomic mass is 79.9. The molecule has 0 atom stereocenters. The van der Waals surface area contributed by atoms with Gasteiger partial charge in [0.1, 0.15) is 13.1 Å². The van der Waals surface area contributed by atoms with Crippen LogP contribution in [-0.4, -0.2) is 12.5 Å². The third-order valence-corrected chi connectivity index (χ3v) is 4.47. The lowest BCUT2D eigenvalue weighted by Gasteiger charge is -2.17. The molecule has 2 heterocycles. The molecule has 130 valence electrons. The molecule has 0 bridgehead atoms. The van der Waals surface area contributed by atoms with Crippen molar-refractivity contribution in [2.75, 3.05) is 11.9 Å². The number of hydrogen-bond donors (Lipinski definition) is 2. The van der Waals surface area contributed by atoms with Crippen molar-refractivity contribution in [2.45, 2.75) is 20.0 Å². The van der Waals surface area contributed by atoms with Crippen molar-refractivity contribution in [1.29, 1.82) is 0 Å². The number of amides is 1. The minimum Gasteiger partial charge on any atom is -0.463 e. The van der Waals surface area contributed by atoms with Gasteiger partial charge in [0.15, 0.2) is 18.1 Å². The molecule has 0 saturated heterocycles. The highest BCUT2D eigenvalue weighted by molar-refractivity contribution is 9.10. The van der Waals surface area contributed by atoms with Crippen LogP contribution in [0.4, 0.5) is 5.69 Å². The van der Waals surface area contributed by atoms with Crippen molar-refractivity contribution in [1.82, 2.24) is 0 Å². The zero-order valence-corrected chi connectivity index (χ0v) is 15.5. The number of aryl methyl sites for hydroxylation is 1. The van der Waals surface area contributed by atoms with Gasteiger partial charge in [0.25, 0.3) is 5.91 Å². The summed E-state index contributed by atoms with van der Waals surface area (Å²) in [6.07, 6.45) is 3.28. The van der Waals surface area contributed by atoms with Crippen molar-refractivity contribution in [3.8, 4) is 0 Å². The Balaban J connectivity index is 1.66. The zero-order valence-electron chi connectivity index (χ0n) is 13.9. The summed E-state index contributed by atoms with van der Waals surface area (Å²) >= 11 is 3.49. The molecule has 0 fully saturated rings. The molecule has 3 rings (SSSR count). The largest absolute Gasteiger partial charge is 0.463 e. The summed E-state index contributed by atoms with van der Waals surface area (Å²) in [5.74, 6) is 1.62. The van der Waals surface area contributed by atoms with Crippen LogP contribution in [0.2, 0.25) is 0 Å². The van der Waals surface area contributed by atoms with Crippen LogP contribution in [0, 0.1) is 6.92 Å². The highest BCUT2D eigenvalue weighted by Crippen LogP contribution is 2.23. The fourth-order valence-electron chi connectivity index (χ4n) is 2.65. The lowest BCUT2D eigenvalue weighted by molar-refractivity contribution is -0.921. The number of halogens is 1. The van der Waals surface area contributed by atoms with Crippen molar-refractivity contribution in [2.24, 2.45) is 0 Å². The summed E-state index contributed by atoms with van der Waals surface area (Å²) in [4.78, 5) is 13.5. The second-order valence-corrected chi connectivity index (χ2v) is 6.82. The fraction of sp³-hybridized carbons (Fsp3) is 0.211. The van der Waals surface area contributed by atoms with Gasteiger partial charge in [-0.05, 0) is 64.8 Å². The minimum absolute atomic E-state index is 0.0577. The average molecular weight is 404 g/mol. The van der Waals surface area contributed by atoms with Crippen molar-refractivity contribution >= 4 is 27.5 Å². The molecule has 1 aromatic carbocycles.